The van der Waals surface area contributed by atoms with Crippen LogP contribution < -0.4 is 15.4 Å². The van der Waals surface area contributed by atoms with Crippen molar-refractivity contribution in [1.82, 2.24) is 10.2 Å². The second-order valence-corrected chi connectivity index (χ2v) is 7.83. The number of azide groups is 1. The van der Waals surface area contributed by atoms with Crippen molar-refractivity contribution in [2.75, 3.05) is 58.1 Å². The molecule has 0 aliphatic carbocycles. The van der Waals surface area contributed by atoms with Crippen LogP contribution in [0.1, 0.15) is 12.8 Å². The van der Waals surface area contributed by atoms with E-state index in [1.54, 1.807) is 24.3 Å². The molecule has 1 unspecified atom stereocenters. The van der Waals surface area contributed by atoms with Gasteiger partial charge >= 0.3 is 0 Å². The van der Waals surface area contributed by atoms with Crippen LogP contribution in [0.25, 0.3) is 10.4 Å². The minimum absolute atomic E-state index is 0.0243. The van der Waals surface area contributed by atoms with Crippen LogP contribution in [0.5, 0.6) is 5.75 Å². The van der Waals surface area contributed by atoms with Gasteiger partial charge in [0.2, 0.25) is 11.8 Å². The number of hydrogen-bond donors (Lipinski definition) is 2. The molecular formula is C23H28N6O8. The molecule has 1 atom stereocenters. The first-order valence-corrected chi connectivity index (χ1v) is 11.7. The van der Waals surface area contributed by atoms with E-state index in [0.717, 1.165) is 11.0 Å². The lowest BCUT2D eigenvalue weighted by Gasteiger charge is -2.28. The summed E-state index contributed by atoms with van der Waals surface area (Å²) in [6, 6.07) is 5.81. The van der Waals surface area contributed by atoms with Crippen molar-refractivity contribution in [2.45, 2.75) is 18.9 Å². The molecular weight excluding hydrogens is 488 g/mol. The number of anilines is 1. The highest BCUT2D eigenvalue weighted by Crippen LogP contribution is 2.24. The summed E-state index contributed by atoms with van der Waals surface area (Å²) < 4.78 is 21.7. The molecule has 1 saturated heterocycles. The number of nitrogens with one attached hydrogen (secondary N) is 2. The largest absolute Gasteiger partial charge is 0.491 e. The van der Waals surface area contributed by atoms with Crippen molar-refractivity contribution in [3.8, 4) is 5.75 Å². The minimum atomic E-state index is -1.02. The maximum Gasteiger partial charge on any atom is 0.278 e. The molecule has 37 heavy (non-hydrogen) atoms. The number of amides is 4. The van der Waals surface area contributed by atoms with Gasteiger partial charge in [-0.1, -0.05) is 11.2 Å². The van der Waals surface area contributed by atoms with Gasteiger partial charge in [-0.05, 0) is 24.1 Å². The average Bonchev–Trinajstić information content (AvgIpc) is 3.15. The van der Waals surface area contributed by atoms with Gasteiger partial charge in [0.05, 0.1) is 39.6 Å². The third-order valence-electron chi connectivity index (χ3n) is 5.23. The standard InChI is InChI=1S/C23H28N6O8/c24-28-25-6-7-34-8-9-35-10-11-36-12-13-37-17-3-1-2-16(14-17)26-18-15-21(31)29(23(18)33)19-4-5-20(30)27-22(19)32/h1-3,14-15,19,26H,4-13H2,(H,27,30,32). The summed E-state index contributed by atoms with van der Waals surface area (Å²) >= 11 is 0. The Hall–Kier alpha value is -3.97. The topological polar surface area (TPSA) is 181 Å². The minimum Gasteiger partial charge on any atom is -0.491 e. The summed E-state index contributed by atoms with van der Waals surface area (Å²) in [5.74, 6) is -1.81. The fourth-order valence-electron chi connectivity index (χ4n) is 3.53. The van der Waals surface area contributed by atoms with Crippen molar-refractivity contribution < 1.29 is 38.1 Å². The number of hydrogen-bond acceptors (Lipinski definition) is 10. The summed E-state index contributed by atoms with van der Waals surface area (Å²) in [4.78, 5) is 52.1. The predicted octanol–water partition coefficient (Wildman–Crippen LogP) is 0.895. The zero-order valence-corrected chi connectivity index (χ0v) is 20.1. The number of piperidine rings is 1. The number of carbonyl (C=O) groups excluding carboxylic acids is 4. The molecule has 0 radical (unpaired) electrons. The highest BCUT2D eigenvalue weighted by Gasteiger charge is 2.42. The molecule has 198 valence electrons. The van der Waals surface area contributed by atoms with Gasteiger partial charge < -0.3 is 24.3 Å². The lowest BCUT2D eigenvalue weighted by Crippen LogP contribution is -2.54. The number of ether oxygens (including phenoxy) is 4. The van der Waals surface area contributed by atoms with E-state index in [-0.39, 0.29) is 31.7 Å². The quantitative estimate of drug-likeness (QED) is 0.106. The fourth-order valence-corrected chi connectivity index (χ4v) is 3.53. The number of rotatable bonds is 16. The van der Waals surface area contributed by atoms with Crippen molar-refractivity contribution in [3.63, 3.8) is 0 Å². The van der Waals surface area contributed by atoms with Crippen LogP contribution in [-0.4, -0.2) is 87.4 Å². The van der Waals surface area contributed by atoms with Crippen LogP contribution in [0.2, 0.25) is 0 Å². The van der Waals surface area contributed by atoms with Crippen LogP contribution in [-0.2, 0) is 33.4 Å². The van der Waals surface area contributed by atoms with Gasteiger partial charge in [-0.15, -0.1) is 0 Å². The van der Waals surface area contributed by atoms with Crippen molar-refractivity contribution in [3.05, 3.63) is 46.5 Å². The zero-order chi connectivity index (χ0) is 26.5. The Balaban J connectivity index is 1.34. The van der Waals surface area contributed by atoms with Gasteiger partial charge in [-0.2, -0.15) is 0 Å². The normalized spacial score (nSPS) is 17.4. The molecule has 1 fully saturated rings. The second kappa shape index (κ2) is 14.6. The number of imide groups is 2. The smallest absolute Gasteiger partial charge is 0.278 e. The zero-order valence-electron chi connectivity index (χ0n) is 20.1. The summed E-state index contributed by atoms with van der Waals surface area (Å²) in [7, 11) is 0. The molecule has 0 spiro atoms. The van der Waals surface area contributed by atoms with E-state index >= 15 is 0 Å². The molecule has 2 aliphatic rings. The molecule has 4 amide bonds. The van der Waals surface area contributed by atoms with Crippen LogP contribution in [0, 0.1) is 0 Å². The molecule has 2 N–H and O–H groups in total. The molecule has 2 heterocycles. The van der Waals surface area contributed by atoms with E-state index in [1.807, 2.05) is 0 Å². The van der Waals surface area contributed by atoms with Gasteiger partial charge in [-0.25, -0.2) is 0 Å². The van der Waals surface area contributed by atoms with Crippen molar-refractivity contribution in [1.29, 1.82) is 0 Å². The maximum atomic E-state index is 12.8. The lowest BCUT2D eigenvalue weighted by atomic mass is 10.0. The van der Waals surface area contributed by atoms with Crippen LogP contribution in [0.4, 0.5) is 5.69 Å². The van der Waals surface area contributed by atoms with Gasteiger partial charge in [0.15, 0.2) is 0 Å². The van der Waals surface area contributed by atoms with Gasteiger partial charge in [-0.3, -0.25) is 29.4 Å². The Morgan fingerprint density at radius 1 is 1.03 bits per heavy atom. The number of carbonyl (C=O) groups is 4. The average molecular weight is 517 g/mol. The van der Waals surface area contributed by atoms with Crippen molar-refractivity contribution in [2.24, 2.45) is 5.11 Å². The van der Waals surface area contributed by atoms with Crippen LogP contribution in [0.3, 0.4) is 0 Å². The van der Waals surface area contributed by atoms with E-state index in [4.69, 9.17) is 24.5 Å². The summed E-state index contributed by atoms with van der Waals surface area (Å²) in [6.45, 7) is 2.86. The number of benzene rings is 1. The molecule has 1 aromatic rings. The molecule has 0 bridgehead atoms. The van der Waals surface area contributed by atoms with E-state index in [2.05, 4.69) is 20.7 Å². The Kier molecular flexibility index (Phi) is 10.9. The Morgan fingerprint density at radius 3 is 2.43 bits per heavy atom. The Morgan fingerprint density at radius 2 is 1.73 bits per heavy atom. The fraction of sp³-hybridized carbons (Fsp3) is 0.478. The maximum absolute atomic E-state index is 12.8. The van der Waals surface area contributed by atoms with Crippen molar-refractivity contribution >= 4 is 29.3 Å². The van der Waals surface area contributed by atoms with E-state index in [1.165, 1.54) is 0 Å². The Labute approximate surface area is 212 Å². The van der Waals surface area contributed by atoms with Gasteiger partial charge in [0, 0.05) is 35.7 Å². The van der Waals surface area contributed by atoms with E-state index in [9.17, 15) is 19.2 Å². The third kappa shape index (κ3) is 8.58. The SMILES string of the molecule is [N-]=[N+]=NCCOCCOCCOCCOc1cccc(NC2=CC(=O)N(C3CCC(=O)NC3=O)C2=O)c1. The Bertz CT molecular complexity index is 1070. The molecule has 1 aromatic carbocycles. The summed E-state index contributed by atoms with van der Waals surface area (Å²) in [5, 5.41) is 8.40. The monoisotopic (exact) mass is 516 g/mol. The predicted molar refractivity (Wildman–Crippen MR) is 128 cm³/mol. The third-order valence-corrected chi connectivity index (χ3v) is 5.23. The summed E-state index contributed by atoms with van der Waals surface area (Å²) in [5.41, 5.74) is 8.69. The second-order valence-electron chi connectivity index (χ2n) is 7.83. The molecule has 14 nitrogen and oxygen atoms in total. The molecule has 0 aromatic heterocycles. The molecule has 2 aliphatic heterocycles. The van der Waals surface area contributed by atoms with Gasteiger partial charge in [0.1, 0.15) is 24.1 Å². The first-order valence-electron chi connectivity index (χ1n) is 11.7. The highest BCUT2D eigenvalue weighted by atomic mass is 16.6. The lowest BCUT2D eigenvalue weighted by molar-refractivity contribution is -0.149. The van der Waals surface area contributed by atoms with Crippen LogP contribution >= 0.6 is 0 Å². The van der Waals surface area contributed by atoms with Gasteiger partial charge in [0.25, 0.3) is 11.8 Å². The first-order chi connectivity index (χ1) is 18.0. The molecule has 3 rings (SSSR count). The molecule has 14 heteroatoms. The van der Waals surface area contributed by atoms with E-state index in [0.29, 0.717) is 51.1 Å². The number of nitrogens with zero attached hydrogens (tertiary/aromatic N) is 4. The summed E-state index contributed by atoms with van der Waals surface area (Å²) in [6.07, 6.45) is 1.28. The van der Waals surface area contributed by atoms with Crippen LogP contribution in [0.15, 0.2) is 41.2 Å². The van der Waals surface area contributed by atoms with E-state index < -0.39 is 29.7 Å². The highest BCUT2D eigenvalue weighted by molar-refractivity contribution is 6.20. The first kappa shape index (κ1) is 27.6. The molecule has 0 saturated carbocycles.